The molecule has 2 aliphatic rings. The summed E-state index contributed by atoms with van der Waals surface area (Å²) in [4.78, 5) is 37.8. The fraction of sp³-hybridized carbons (Fsp3) is 0.429. The maximum absolute atomic E-state index is 13.6. The van der Waals surface area contributed by atoms with Crippen LogP contribution in [0.15, 0.2) is 41.5 Å². The molecule has 1 saturated heterocycles. The zero-order chi connectivity index (χ0) is 25.7. The van der Waals surface area contributed by atoms with Crippen LogP contribution in [-0.4, -0.2) is 54.7 Å². The molecule has 1 amide bonds. The van der Waals surface area contributed by atoms with Crippen LogP contribution in [0.4, 0.5) is 4.39 Å². The van der Waals surface area contributed by atoms with Crippen molar-refractivity contribution in [1.29, 1.82) is 0 Å². The molecule has 2 fully saturated rings. The molecule has 1 aromatic carbocycles. The number of imidazole rings is 1. The molecule has 0 atom stereocenters. The molecule has 0 unspecified atom stereocenters. The van der Waals surface area contributed by atoms with E-state index in [4.69, 9.17) is 4.98 Å². The van der Waals surface area contributed by atoms with Gasteiger partial charge < -0.3 is 9.47 Å². The van der Waals surface area contributed by atoms with Crippen LogP contribution >= 0.6 is 0 Å². The van der Waals surface area contributed by atoms with E-state index < -0.39 is 6.67 Å². The van der Waals surface area contributed by atoms with Gasteiger partial charge in [0, 0.05) is 43.4 Å². The first-order valence-electron chi connectivity index (χ1n) is 13.0. The van der Waals surface area contributed by atoms with Gasteiger partial charge in [0.1, 0.15) is 11.3 Å². The Hall–Kier alpha value is -3.75. The van der Waals surface area contributed by atoms with Gasteiger partial charge in [0.25, 0.3) is 11.5 Å². The maximum Gasteiger partial charge on any atom is 0.273 e. The van der Waals surface area contributed by atoms with Crippen LogP contribution in [0.3, 0.4) is 0 Å². The third kappa shape index (κ3) is 4.06. The first-order chi connectivity index (χ1) is 17.9. The fourth-order valence-electron chi connectivity index (χ4n) is 5.65. The number of carbonyl (C=O) groups is 1. The highest BCUT2D eigenvalue weighted by molar-refractivity contribution is 6.06. The summed E-state index contributed by atoms with van der Waals surface area (Å²) in [5.41, 5.74) is 4.78. The van der Waals surface area contributed by atoms with Crippen LogP contribution in [0.2, 0.25) is 0 Å². The molecule has 0 bridgehead atoms. The highest BCUT2D eigenvalue weighted by Gasteiger charge is 2.35. The van der Waals surface area contributed by atoms with Crippen LogP contribution in [0.5, 0.6) is 0 Å². The molecular formula is C28H31FN6O2. The number of aryl methyl sites for hydroxylation is 1. The van der Waals surface area contributed by atoms with E-state index in [-0.39, 0.29) is 28.6 Å². The number of likely N-dealkylation sites (tertiary alicyclic amines) is 1. The van der Waals surface area contributed by atoms with E-state index in [0.717, 1.165) is 11.3 Å². The van der Waals surface area contributed by atoms with Gasteiger partial charge in [-0.2, -0.15) is 0 Å². The third-order valence-electron chi connectivity index (χ3n) is 8.04. The monoisotopic (exact) mass is 502 g/mol. The summed E-state index contributed by atoms with van der Waals surface area (Å²) in [5.74, 6) is 0.162. The van der Waals surface area contributed by atoms with E-state index in [9.17, 15) is 14.0 Å². The van der Waals surface area contributed by atoms with Gasteiger partial charge in [0.2, 0.25) is 0 Å². The zero-order valence-corrected chi connectivity index (χ0v) is 21.2. The van der Waals surface area contributed by atoms with Crippen molar-refractivity contribution in [3.05, 3.63) is 63.8 Å². The van der Waals surface area contributed by atoms with Gasteiger partial charge in [-0.05, 0) is 31.2 Å². The summed E-state index contributed by atoms with van der Waals surface area (Å²) in [7, 11) is 1.87. The molecule has 1 saturated carbocycles. The average Bonchev–Trinajstić information content (AvgIpc) is 3.43. The predicted molar refractivity (Wildman–Crippen MR) is 139 cm³/mol. The SMILES string of the molecule is Cc1c(-c2[nH]n3c(=O)cc(-c4ccc(C5CCCCC5)cc4)nc3c2C(=O)N2CC(CF)C2)ncn1C. The number of H-pyrrole nitrogens is 1. The Morgan fingerprint density at radius 1 is 1.14 bits per heavy atom. The largest absolute Gasteiger partial charge is 0.338 e. The molecule has 9 heteroatoms. The number of hydrogen-bond acceptors (Lipinski definition) is 4. The quantitative estimate of drug-likeness (QED) is 0.436. The number of aromatic amines is 1. The van der Waals surface area contributed by atoms with E-state index in [0.29, 0.717) is 36.1 Å². The van der Waals surface area contributed by atoms with Gasteiger partial charge in [-0.1, -0.05) is 43.5 Å². The maximum atomic E-state index is 13.6. The lowest BCUT2D eigenvalue weighted by Gasteiger charge is -2.37. The van der Waals surface area contributed by atoms with Crippen molar-refractivity contribution >= 4 is 11.6 Å². The lowest BCUT2D eigenvalue weighted by atomic mass is 9.84. The number of benzene rings is 1. The van der Waals surface area contributed by atoms with Gasteiger partial charge in [-0.3, -0.25) is 19.1 Å². The molecule has 8 nitrogen and oxygen atoms in total. The van der Waals surface area contributed by atoms with Crippen LogP contribution in [0, 0.1) is 12.8 Å². The molecule has 0 radical (unpaired) electrons. The van der Waals surface area contributed by atoms with Gasteiger partial charge in [-0.15, -0.1) is 0 Å². The second-order valence-electron chi connectivity index (χ2n) is 10.5. The van der Waals surface area contributed by atoms with Gasteiger partial charge >= 0.3 is 0 Å². The van der Waals surface area contributed by atoms with E-state index in [1.807, 2.05) is 30.7 Å². The number of fused-ring (bicyclic) bond motifs is 1. The Labute approximate surface area is 214 Å². The third-order valence-corrected chi connectivity index (χ3v) is 8.04. The number of alkyl halides is 1. The molecular weight excluding hydrogens is 471 g/mol. The van der Waals surface area contributed by atoms with Crippen molar-refractivity contribution in [2.75, 3.05) is 19.8 Å². The van der Waals surface area contributed by atoms with Crippen LogP contribution in [0.25, 0.3) is 28.3 Å². The van der Waals surface area contributed by atoms with Crippen molar-refractivity contribution in [3.63, 3.8) is 0 Å². The molecule has 192 valence electrons. The van der Waals surface area contributed by atoms with Crippen molar-refractivity contribution in [2.24, 2.45) is 13.0 Å². The molecule has 1 aliphatic carbocycles. The van der Waals surface area contributed by atoms with Crippen molar-refractivity contribution in [3.8, 4) is 22.6 Å². The topological polar surface area (TPSA) is 88.3 Å². The van der Waals surface area contributed by atoms with E-state index in [2.05, 4.69) is 22.2 Å². The Balaban J connectivity index is 1.45. The highest BCUT2D eigenvalue weighted by atomic mass is 19.1. The van der Waals surface area contributed by atoms with Gasteiger partial charge in [0.05, 0.1) is 24.4 Å². The summed E-state index contributed by atoms with van der Waals surface area (Å²) >= 11 is 0. The smallest absolute Gasteiger partial charge is 0.273 e. The second-order valence-corrected chi connectivity index (χ2v) is 10.5. The van der Waals surface area contributed by atoms with Crippen LogP contribution in [0.1, 0.15) is 59.6 Å². The summed E-state index contributed by atoms with van der Waals surface area (Å²) < 4.78 is 16.3. The molecule has 0 spiro atoms. The lowest BCUT2D eigenvalue weighted by molar-refractivity contribution is 0.0455. The van der Waals surface area contributed by atoms with Crippen molar-refractivity contribution < 1.29 is 9.18 Å². The first kappa shape index (κ1) is 23.6. The zero-order valence-electron chi connectivity index (χ0n) is 21.2. The number of hydrogen-bond donors (Lipinski definition) is 1. The second kappa shape index (κ2) is 9.28. The molecule has 4 heterocycles. The minimum atomic E-state index is -0.456. The minimum absolute atomic E-state index is 0.150. The Bertz CT molecular complexity index is 1520. The molecule has 37 heavy (non-hydrogen) atoms. The Morgan fingerprint density at radius 2 is 1.86 bits per heavy atom. The summed E-state index contributed by atoms with van der Waals surface area (Å²) in [5, 5.41) is 3.09. The van der Waals surface area contributed by atoms with Gasteiger partial charge in [0.15, 0.2) is 5.65 Å². The normalized spacial score (nSPS) is 16.9. The molecule has 4 aromatic rings. The number of nitrogens with zero attached hydrogens (tertiary/aromatic N) is 5. The van der Waals surface area contributed by atoms with Gasteiger partial charge in [-0.25, -0.2) is 14.5 Å². The number of aromatic nitrogens is 5. The number of nitrogens with one attached hydrogen (secondary N) is 1. The number of halogens is 1. The summed E-state index contributed by atoms with van der Waals surface area (Å²) in [6, 6.07) is 9.80. The van der Waals surface area contributed by atoms with Crippen molar-refractivity contribution in [1.82, 2.24) is 29.0 Å². The number of amides is 1. The van der Waals surface area contributed by atoms with E-state index in [1.165, 1.54) is 48.2 Å². The lowest BCUT2D eigenvalue weighted by Crippen LogP contribution is -2.50. The Morgan fingerprint density at radius 3 is 2.51 bits per heavy atom. The number of rotatable bonds is 5. The molecule has 3 aromatic heterocycles. The standard InChI is InChI=1S/C28H31FN6O2/c1-17-25(30-16-33(17)2)26-24(28(37)34-14-18(13-29)15-34)27-31-22(12-23(36)35(27)32-26)21-10-8-20(9-11-21)19-6-4-3-5-7-19/h8-12,16,18-19,32H,3-7,13-15H2,1-2H3. The Kier molecular flexibility index (Phi) is 5.93. The molecule has 6 rings (SSSR count). The summed E-state index contributed by atoms with van der Waals surface area (Å²) in [6.45, 7) is 2.14. The van der Waals surface area contributed by atoms with Crippen LogP contribution in [-0.2, 0) is 7.05 Å². The molecule has 1 aliphatic heterocycles. The fourth-order valence-corrected chi connectivity index (χ4v) is 5.65. The van der Waals surface area contributed by atoms with Crippen molar-refractivity contribution in [2.45, 2.75) is 44.9 Å². The minimum Gasteiger partial charge on any atom is -0.338 e. The van der Waals surface area contributed by atoms with Crippen LogP contribution < -0.4 is 5.56 Å². The molecule has 1 N–H and O–H groups in total. The number of carbonyl (C=O) groups excluding carboxylic acids is 1. The first-order valence-corrected chi connectivity index (χ1v) is 13.0. The highest BCUT2D eigenvalue weighted by Crippen LogP contribution is 2.34. The van der Waals surface area contributed by atoms with E-state index in [1.54, 1.807) is 11.2 Å². The summed E-state index contributed by atoms with van der Waals surface area (Å²) in [6.07, 6.45) is 7.96. The predicted octanol–water partition coefficient (Wildman–Crippen LogP) is 4.49. The van der Waals surface area contributed by atoms with E-state index >= 15 is 0 Å². The average molecular weight is 503 g/mol.